The number of nitrogens with zero attached hydrogens (tertiary/aromatic N) is 2. The van der Waals surface area contributed by atoms with Crippen LogP contribution in [0.3, 0.4) is 0 Å². The highest BCUT2D eigenvalue weighted by Gasteiger charge is 2.19. The molecule has 4 nitrogen and oxygen atoms in total. The van der Waals surface area contributed by atoms with Gasteiger partial charge >= 0.3 is 0 Å². The molecule has 1 aromatic rings. The number of anilines is 1. The maximum Gasteiger partial charge on any atom is 0.254 e. The molecule has 0 aliphatic rings. The molecule has 1 aromatic heterocycles. The molecule has 106 valence electrons. The molecule has 0 saturated heterocycles. The number of amides is 1. The van der Waals surface area contributed by atoms with E-state index in [4.69, 9.17) is 5.73 Å². The fourth-order valence-corrected chi connectivity index (χ4v) is 2.16. The predicted molar refractivity (Wildman–Crippen MR) is 79.0 cm³/mol. The molecule has 4 heteroatoms. The number of pyridine rings is 1. The van der Waals surface area contributed by atoms with Gasteiger partial charge in [0, 0.05) is 24.3 Å². The van der Waals surface area contributed by atoms with Gasteiger partial charge in [-0.3, -0.25) is 4.79 Å². The van der Waals surface area contributed by atoms with Gasteiger partial charge in [-0.15, -0.1) is 0 Å². The zero-order valence-electron chi connectivity index (χ0n) is 12.6. The van der Waals surface area contributed by atoms with Gasteiger partial charge in [0.2, 0.25) is 0 Å². The minimum atomic E-state index is 0.0111. The summed E-state index contributed by atoms with van der Waals surface area (Å²) >= 11 is 0. The van der Waals surface area contributed by atoms with Gasteiger partial charge in [-0.25, -0.2) is 4.98 Å². The lowest BCUT2D eigenvalue weighted by molar-refractivity contribution is 0.0728. The Labute approximate surface area is 116 Å². The maximum atomic E-state index is 12.4. The lowest BCUT2D eigenvalue weighted by Crippen LogP contribution is -2.36. The topological polar surface area (TPSA) is 59.2 Å². The van der Waals surface area contributed by atoms with E-state index in [0.717, 1.165) is 18.5 Å². The van der Waals surface area contributed by atoms with Crippen LogP contribution >= 0.6 is 0 Å². The van der Waals surface area contributed by atoms with Crippen LogP contribution in [-0.2, 0) is 6.42 Å². The lowest BCUT2D eigenvalue weighted by Gasteiger charge is -2.26. The van der Waals surface area contributed by atoms with E-state index in [2.05, 4.69) is 25.8 Å². The number of rotatable bonds is 5. The molecule has 0 radical (unpaired) electrons. The van der Waals surface area contributed by atoms with Gasteiger partial charge in [-0.2, -0.15) is 0 Å². The molecule has 0 fully saturated rings. The minimum absolute atomic E-state index is 0.0111. The number of nitrogens with two attached hydrogens (primary N) is 1. The van der Waals surface area contributed by atoms with E-state index in [1.807, 2.05) is 20.0 Å². The second-order valence-electron chi connectivity index (χ2n) is 5.52. The van der Waals surface area contributed by atoms with E-state index in [9.17, 15) is 4.79 Å². The van der Waals surface area contributed by atoms with Gasteiger partial charge in [0.15, 0.2) is 0 Å². The van der Waals surface area contributed by atoms with Crippen molar-refractivity contribution in [3.8, 4) is 0 Å². The van der Waals surface area contributed by atoms with Crippen molar-refractivity contribution < 1.29 is 4.79 Å². The van der Waals surface area contributed by atoms with Crippen molar-refractivity contribution in [3.05, 3.63) is 23.4 Å². The van der Waals surface area contributed by atoms with E-state index in [0.29, 0.717) is 17.3 Å². The summed E-state index contributed by atoms with van der Waals surface area (Å²) in [4.78, 5) is 18.4. The normalized spacial score (nSPS) is 12.5. The summed E-state index contributed by atoms with van der Waals surface area (Å²) < 4.78 is 0. The highest BCUT2D eigenvalue weighted by Crippen LogP contribution is 2.15. The second-order valence-corrected chi connectivity index (χ2v) is 5.52. The second kappa shape index (κ2) is 6.55. The quantitative estimate of drug-likeness (QED) is 0.888. The number of hydrogen-bond acceptors (Lipinski definition) is 3. The molecule has 2 N–H and O–H groups in total. The third-order valence-electron chi connectivity index (χ3n) is 3.30. The highest BCUT2D eigenvalue weighted by molar-refractivity contribution is 5.95. The maximum absolute atomic E-state index is 12.4. The van der Waals surface area contributed by atoms with Crippen LogP contribution in [0.5, 0.6) is 0 Å². The fourth-order valence-electron chi connectivity index (χ4n) is 2.16. The van der Waals surface area contributed by atoms with Crippen molar-refractivity contribution in [2.24, 2.45) is 5.92 Å². The van der Waals surface area contributed by atoms with Crippen molar-refractivity contribution in [1.29, 1.82) is 0 Å². The van der Waals surface area contributed by atoms with Crippen LogP contribution in [0.4, 0.5) is 5.82 Å². The summed E-state index contributed by atoms with van der Waals surface area (Å²) in [5.41, 5.74) is 7.23. The molecule has 0 saturated carbocycles. The number of aryl methyl sites for hydroxylation is 1. The molecular formula is C15H25N3O. The van der Waals surface area contributed by atoms with Crippen molar-refractivity contribution in [2.45, 2.75) is 46.6 Å². The Morgan fingerprint density at radius 2 is 2.00 bits per heavy atom. The van der Waals surface area contributed by atoms with Gasteiger partial charge in [-0.1, -0.05) is 20.8 Å². The predicted octanol–water partition coefficient (Wildman–Crippen LogP) is 2.73. The average Bonchev–Trinajstić information content (AvgIpc) is 2.35. The molecule has 0 bridgehead atoms. The van der Waals surface area contributed by atoms with Gasteiger partial charge in [-0.05, 0) is 37.8 Å². The molecule has 0 spiro atoms. The van der Waals surface area contributed by atoms with Crippen LogP contribution in [0.1, 0.15) is 50.2 Å². The number of nitrogen functional groups attached to an aromatic ring is 1. The zero-order chi connectivity index (χ0) is 14.6. The van der Waals surface area contributed by atoms with Gasteiger partial charge in [0.05, 0.1) is 0 Å². The Balaban J connectivity index is 2.90. The van der Waals surface area contributed by atoms with Crippen LogP contribution < -0.4 is 5.73 Å². The first kappa shape index (κ1) is 15.5. The Hall–Kier alpha value is -1.58. The van der Waals surface area contributed by atoms with Crippen molar-refractivity contribution in [2.75, 3.05) is 12.8 Å². The first-order chi connectivity index (χ1) is 8.85. The van der Waals surface area contributed by atoms with Gasteiger partial charge < -0.3 is 10.6 Å². The van der Waals surface area contributed by atoms with E-state index < -0.39 is 0 Å². The van der Waals surface area contributed by atoms with Crippen molar-refractivity contribution >= 4 is 11.7 Å². The largest absolute Gasteiger partial charge is 0.384 e. The molecule has 0 aromatic carbocycles. The van der Waals surface area contributed by atoms with Crippen LogP contribution in [0, 0.1) is 5.92 Å². The van der Waals surface area contributed by atoms with Crippen LogP contribution in [0.2, 0.25) is 0 Å². The van der Waals surface area contributed by atoms with Gasteiger partial charge in [0.25, 0.3) is 5.91 Å². The molecule has 1 unspecified atom stereocenters. The van der Waals surface area contributed by atoms with E-state index in [1.54, 1.807) is 11.0 Å². The summed E-state index contributed by atoms with van der Waals surface area (Å²) in [5, 5.41) is 0. The monoisotopic (exact) mass is 263 g/mol. The van der Waals surface area contributed by atoms with Crippen LogP contribution in [0.25, 0.3) is 0 Å². The highest BCUT2D eigenvalue weighted by atomic mass is 16.2. The first-order valence-corrected chi connectivity index (χ1v) is 6.88. The molecular weight excluding hydrogens is 238 g/mol. The summed E-state index contributed by atoms with van der Waals surface area (Å²) in [6, 6.07) is 3.70. The molecule has 0 aliphatic carbocycles. The molecule has 1 heterocycles. The number of carbonyl (C=O) groups is 1. The average molecular weight is 263 g/mol. The Bertz CT molecular complexity index is 443. The Kier molecular flexibility index (Phi) is 5.33. The lowest BCUT2D eigenvalue weighted by atomic mass is 10.0. The van der Waals surface area contributed by atoms with Gasteiger partial charge in [0.1, 0.15) is 5.82 Å². The minimum Gasteiger partial charge on any atom is -0.384 e. The van der Waals surface area contributed by atoms with Crippen molar-refractivity contribution in [1.82, 2.24) is 9.88 Å². The molecule has 19 heavy (non-hydrogen) atoms. The standard InChI is InChI=1S/C15H25N3O/c1-6-13-8-12(9-14(16)17-13)15(19)18(5)11(4)7-10(2)3/h8-11H,6-7H2,1-5H3,(H2,16,17). The molecule has 1 atom stereocenters. The molecule has 1 rings (SSSR count). The van der Waals surface area contributed by atoms with Crippen molar-refractivity contribution in [3.63, 3.8) is 0 Å². The van der Waals surface area contributed by atoms with E-state index in [1.165, 1.54) is 0 Å². The number of hydrogen-bond donors (Lipinski definition) is 1. The molecule has 0 aliphatic heterocycles. The SMILES string of the molecule is CCc1cc(C(=O)N(C)C(C)CC(C)C)cc(N)n1. The summed E-state index contributed by atoms with van der Waals surface area (Å²) in [7, 11) is 1.84. The van der Waals surface area contributed by atoms with E-state index >= 15 is 0 Å². The zero-order valence-corrected chi connectivity index (χ0v) is 12.6. The van der Waals surface area contributed by atoms with Crippen LogP contribution in [-0.4, -0.2) is 28.9 Å². The summed E-state index contributed by atoms with van der Waals surface area (Å²) in [6.45, 7) is 8.40. The summed E-state index contributed by atoms with van der Waals surface area (Å²) in [6.07, 6.45) is 1.76. The molecule has 1 amide bonds. The smallest absolute Gasteiger partial charge is 0.254 e. The Morgan fingerprint density at radius 3 is 2.53 bits per heavy atom. The third-order valence-corrected chi connectivity index (χ3v) is 3.30. The van der Waals surface area contributed by atoms with Crippen LogP contribution in [0.15, 0.2) is 12.1 Å². The fraction of sp³-hybridized carbons (Fsp3) is 0.600. The third kappa shape index (κ3) is 4.23. The number of aromatic nitrogens is 1. The number of carbonyl (C=O) groups excluding carboxylic acids is 1. The Morgan fingerprint density at radius 1 is 1.37 bits per heavy atom. The van der Waals surface area contributed by atoms with E-state index in [-0.39, 0.29) is 11.9 Å². The summed E-state index contributed by atoms with van der Waals surface area (Å²) in [5.74, 6) is 0.989. The first-order valence-electron chi connectivity index (χ1n) is 6.88.